The molecule has 0 spiro atoms. The molecule has 0 radical (unpaired) electrons. The number of hydrogen-bond acceptors (Lipinski definition) is 4. The van der Waals surface area contributed by atoms with Crippen LogP contribution in [0, 0.1) is 0 Å². The van der Waals surface area contributed by atoms with Crippen LogP contribution in [-0.2, 0) is 14.0 Å². The Morgan fingerprint density at radius 3 is 1.91 bits per heavy atom. The van der Waals surface area contributed by atoms with Gasteiger partial charge in [-0.25, -0.2) is 0 Å². The van der Waals surface area contributed by atoms with Crippen LogP contribution < -0.4 is 10.9 Å². The molecule has 1 heterocycles. The number of fused-ring (bicyclic) bond motifs is 3. The fourth-order valence-electron chi connectivity index (χ4n) is 4.38. The second kappa shape index (κ2) is 8.09. The highest BCUT2D eigenvalue weighted by atomic mass is 16.7. The lowest BCUT2D eigenvalue weighted by molar-refractivity contribution is -0.0893. The van der Waals surface area contributed by atoms with E-state index in [1.807, 2.05) is 13.8 Å². The zero-order chi connectivity index (χ0) is 25.3. The fourth-order valence-corrected chi connectivity index (χ4v) is 4.38. The Kier molecular flexibility index (Phi) is 6.01. The number of aliphatic hydroxyl groups is 1. The van der Waals surface area contributed by atoms with Gasteiger partial charge in [-0.2, -0.15) is 0 Å². The summed E-state index contributed by atoms with van der Waals surface area (Å²) in [4.78, 5) is 0. The Labute approximate surface area is 206 Å². The minimum atomic E-state index is -0.936. The molecule has 2 aromatic carbocycles. The average Bonchev–Trinajstić information content (AvgIpc) is 3.14. The van der Waals surface area contributed by atoms with Gasteiger partial charge in [0.2, 0.25) is 0 Å². The van der Waals surface area contributed by atoms with E-state index in [-0.39, 0.29) is 18.3 Å². The molecule has 0 bridgehead atoms. The molecular weight excluding hydrogens is 422 g/mol. The summed E-state index contributed by atoms with van der Waals surface area (Å²) in [6.45, 7) is 20.1. The van der Waals surface area contributed by atoms with Gasteiger partial charge in [-0.15, -0.1) is 0 Å². The van der Waals surface area contributed by atoms with Gasteiger partial charge in [0, 0.05) is 0 Å². The molecular formula is C28H38B2O4. The molecule has 2 aromatic rings. The van der Waals surface area contributed by atoms with Crippen LogP contribution in [0.15, 0.2) is 42.0 Å². The molecule has 1 aliphatic heterocycles. The first-order valence-corrected chi connectivity index (χ1v) is 12.2. The van der Waals surface area contributed by atoms with Crippen LogP contribution in [0.25, 0.3) is 16.7 Å². The third kappa shape index (κ3) is 4.19. The van der Waals surface area contributed by atoms with Crippen molar-refractivity contribution in [3.05, 3.63) is 53.1 Å². The van der Waals surface area contributed by atoms with E-state index in [0.29, 0.717) is 7.48 Å². The van der Waals surface area contributed by atoms with Crippen LogP contribution in [0.2, 0.25) is 0 Å². The van der Waals surface area contributed by atoms with Gasteiger partial charge in [-0.05, 0) is 103 Å². The van der Waals surface area contributed by atoms with Crippen molar-refractivity contribution >= 4 is 31.1 Å². The van der Waals surface area contributed by atoms with E-state index in [1.165, 1.54) is 33.4 Å². The summed E-state index contributed by atoms with van der Waals surface area (Å²) in [5.74, 6) is 0. The Hall–Kier alpha value is -1.85. The summed E-state index contributed by atoms with van der Waals surface area (Å²) in [6, 6.07) is 13.1. The van der Waals surface area contributed by atoms with Crippen LogP contribution in [0.5, 0.6) is 0 Å². The van der Waals surface area contributed by atoms with E-state index in [0.717, 1.165) is 10.9 Å². The molecule has 1 saturated heterocycles. The van der Waals surface area contributed by atoms with Crippen molar-refractivity contribution in [3.63, 3.8) is 0 Å². The summed E-state index contributed by atoms with van der Waals surface area (Å²) >= 11 is 0. The molecule has 6 heteroatoms. The lowest BCUT2D eigenvalue weighted by Gasteiger charge is -2.37. The SMILES string of the molecule is CC(C)=C1c2cc(BOC(C)(C)C(C)(C)O)ccc2-c2ccc(B3OC(C)(C)C(C)(C)O3)cc21. The van der Waals surface area contributed by atoms with Crippen molar-refractivity contribution in [2.45, 2.75) is 91.6 Å². The number of rotatable bonds is 5. The molecule has 4 rings (SSSR count). The predicted octanol–water partition coefficient (Wildman–Crippen LogP) is 4.35. The summed E-state index contributed by atoms with van der Waals surface area (Å²) in [7, 11) is 0.0565. The van der Waals surface area contributed by atoms with E-state index in [9.17, 15) is 5.11 Å². The van der Waals surface area contributed by atoms with Gasteiger partial charge >= 0.3 is 14.6 Å². The first-order valence-electron chi connectivity index (χ1n) is 12.2. The maximum absolute atomic E-state index is 10.4. The Morgan fingerprint density at radius 1 is 0.853 bits per heavy atom. The van der Waals surface area contributed by atoms with Gasteiger partial charge in [0.05, 0.1) is 22.4 Å². The lowest BCUT2D eigenvalue weighted by atomic mass is 9.77. The van der Waals surface area contributed by atoms with Gasteiger partial charge < -0.3 is 19.1 Å². The minimum absolute atomic E-state index is 0.370. The zero-order valence-corrected chi connectivity index (χ0v) is 22.4. The Bertz CT molecular complexity index is 1140. The second-order valence-corrected chi connectivity index (χ2v) is 12.0. The van der Waals surface area contributed by atoms with Crippen molar-refractivity contribution in [1.29, 1.82) is 0 Å². The Balaban J connectivity index is 1.67. The van der Waals surface area contributed by atoms with Crippen molar-refractivity contribution in [1.82, 2.24) is 0 Å². The molecule has 4 nitrogen and oxygen atoms in total. The highest BCUT2D eigenvalue weighted by Gasteiger charge is 2.52. The summed E-state index contributed by atoms with van der Waals surface area (Å²) in [6.07, 6.45) is 0. The zero-order valence-electron chi connectivity index (χ0n) is 22.4. The van der Waals surface area contributed by atoms with Crippen molar-refractivity contribution in [2.24, 2.45) is 0 Å². The van der Waals surface area contributed by atoms with Crippen LogP contribution >= 0.6 is 0 Å². The van der Waals surface area contributed by atoms with Crippen LogP contribution in [0.4, 0.5) is 0 Å². The van der Waals surface area contributed by atoms with Crippen LogP contribution in [-0.4, -0.2) is 42.1 Å². The minimum Gasteiger partial charge on any atom is -0.427 e. The predicted molar refractivity (Wildman–Crippen MR) is 143 cm³/mol. The largest absolute Gasteiger partial charge is 0.494 e. The maximum atomic E-state index is 10.4. The van der Waals surface area contributed by atoms with Gasteiger partial charge in [0.15, 0.2) is 0 Å². The lowest BCUT2D eigenvalue weighted by Crippen LogP contribution is -2.49. The van der Waals surface area contributed by atoms with E-state index >= 15 is 0 Å². The highest BCUT2D eigenvalue weighted by molar-refractivity contribution is 6.62. The first kappa shape index (κ1) is 25.2. The number of hydrogen-bond donors (Lipinski definition) is 1. The molecule has 1 N–H and O–H groups in total. The third-order valence-corrected chi connectivity index (χ3v) is 8.05. The second-order valence-electron chi connectivity index (χ2n) is 12.0. The molecule has 2 aliphatic rings. The van der Waals surface area contributed by atoms with E-state index in [1.54, 1.807) is 13.8 Å². The van der Waals surface area contributed by atoms with Crippen LogP contribution in [0.3, 0.4) is 0 Å². The summed E-state index contributed by atoms with van der Waals surface area (Å²) in [5.41, 5.74) is 7.23. The number of benzene rings is 2. The third-order valence-electron chi connectivity index (χ3n) is 8.05. The molecule has 0 unspecified atom stereocenters. The van der Waals surface area contributed by atoms with Crippen LogP contribution in [0.1, 0.15) is 80.4 Å². The standard InChI is InChI=1S/C28H38B2O4/c1-17(2)24-22-15-18(29-32-26(5,6)25(3,4)31)11-13-20(22)21-14-12-19(16-23(21)24)30-33-27(7,8)28(9,10)34-30/h11-16,29,31H,1-10H3. The molecule has 1 fully saturated rings. The van der Waals surface area contributed by atoms with Crippen molar-refractivity contribution in [2.75, 3.05) is 0 Å². The quantitative estimate of drug-likeness (QED) is 0.576. The van der Waals surface area contributed by atoms with Crippen molar-refractivity contribution in [3.8, 4) is 11.1 Å². The summed E-state index contributed by atoms with van der Waals surface area (Å²) < 4.78 is 18.8. The highest BCUT2D eigenvalue weighted by Crippen LogP contribution is 2.45. The van der Waals surface area contributed by atoms with Gasteiger partial charge in [-0.3, -0.25) is 0 Å². The van der Waals surface area contributed by atoms with Gasteiger partial charge in [0.1, 0.15) is 0 Å². The average molecular weight is 460 g/mol. The van der Waals surface area contributed by atoms with Gasteiger partial charge in [0.25, 0.3) is 0 Å². The molecule has 1 aliphatic carbocycles. The van der Waals surface area contributed by atoms with Gasteiger partial charge in [-0.1, -0.05) is 47.4 Å². The maximum Gasteiger partial charge on any atom is 0.494 e. The normalized spacial score (nSPS) is 18.7. The molecule has 0 saturated carbocycles. The van der Waals surface area contributed by atoms with E-state index in [4.69, 9.17) is 14.0 Å². The molecule has 0 atom stereocenters. The molecule has 0 amide bonds. The Morgan fingerprint density at radius 2 is 1.38 bits per heavy atom. The smallest absolute Gasteiger partial charge is 0.427 e. The molecule has 180 valence electrons. The molecule has 34 heavy (non-hydrogen) atoms. The molecule has 0 aromatic heterocycles. The van der Waals surface area contributed by atoms with E-state index < -0.39 is 11.2 Å². The van der Waals surface area contributed by atoms with Crippen molar-refractivity contribution < 1.29 is 19.1 Å². The summed E-state index contributed by atoms with van der Waals surface area (Å²) in [5, 5.41) is 10.4. The monoisotopic (exact) mass is 460 g/mol. The first-order chi connectivity index (χ1) is 15.5. The topological polar surface area (TPSA) is 47.9 Å². The van der Waals surface area contributed by atoms with E-state index in [2.05, 4.69) is 77.9 Å². The fraction of sp³-hybridized carbons (Fsp3) is 0.500. The number of allylic oxidation sites excluding steroid dienone is 1.